The predicted octanol–water partition coefficient (Wildman–Crippen LogP) is 10.4. The number of unbranched alkanes of at least 4 members (excludes halogenated alkanes) is 5. The van der Waals surface area contributed by atoms with Crippen LogP contribution >= 0.6 is 0 Å². The average Bonchev–Trinajstić information content (AvgIpc) is 3.26. The number of ether oxygens (including phenoxy) is 1. The van der Waals surface area contributed by atoms with Crippen molar-refractivity contribution in [2.24, 2.45) is 57.7 Å². The maximum absolute atomic E-state index is 13.7. The van der Waals surface area contributed by atoms with E-state index in [4.69, 9.17) is 4.74 Å². The highest BCUT2D eigenvalue weighted by Gasteiger charge is 2.59. The molecule has 8 aliphatic rings. The number of rotatable bonds is 9. The Bertz CT molecular complexity index is 943. The summed E-state index contributed by atoms with van der Waals surface area (Å²) in [5, 5.41) is 0. The molecule has 0 aromatic rings. The molecule has 0 unspecified atom stereocenters. The van der Waals surface area contributed by atoms with Crippen molar-refractivity contribution in [1.82, 2.24) is 0 Å². The second kappa shape index (κ2) is 10.7. The Labute approximate surface area is 246 Å². The second-order valence-corrected chi connectivity index (χ2v) is 17.1. The normalized spacial score (nSPS) is 48.7. The number of hydrogen-bond acceptors (Lipinski definition) is 2. The van der Waals surface area contributed by atoms with Crippen molar-refractivity contribution in [3.63, 3.8) is 0 Å². The maximum Gasteiger partial charge on any atom is 0.312 e. The lowest BCUT2D eigenvalue weighted by Gasteiger charge is -2.58. The standard InChI is InChI=1S/C38H60O2/c1-4-5-6-7-8-9-10-29-12-14-33-32-13-11-30-22-31(15-17-37(30,3)34(32)16-18-36(29,33)2)40-35(39)38-23-26-19-27(24-38)21-28(20-26)25-38/h11,26-29,31-34H,4-10,12-25H2,1-3H3/t26?,27?,28?,29-,31+,32+,33-,34-,36-,37+,38?/m1/s1. The van der Waals surface area contributed by atoms with Gasteiger partial charge in [-0.2, -0.15) is 0 Å². The predicted molar refractivity (Wildman–Crippen MR) is 164 cm³/mol. The van der Waals surface area contributed by atoms with E-state index in [9.17, 15) is 4.79 Å². The van der Waals surface area contributed by atoms with Gasteiger partial charge in [0.15, 0.2) is 0 Å². The van der Waals surface area contributed by atoms with E-state index in [0.29, 0.717) is 10.8 Å². The van der Waals surface area contributed by atoms with Crippen LogP contribution in [0.5, 0.6) is 0 Å². The Kier molecular flexibility index (Phi) is 7.51. The highest BCUT2D eigenvalue weighted by atomic mass is 16.5. The van der Waals surface area contributed by atoms with E-state index in [2.05, 4.69) is 26.8 Å². The summed E-state index contributed by atoms with van der Waals surface area (Å²) in [5.41, 5.74) is 2.51. The Hall–Kier alpha value is -0.790. The summed E-state index contributed by atoms with van der Waals surface area (Å²) in [4.78, 5) is 13.7. The van der Waals surface area contributed by atoms with Gasteiger partial charge in [-0.05, 0) is 142 Å². The molecular weight excluding hydrogens is 488 g/mol. The van der Waals surface area contributed by atoms with Crippen molar-refractivity contribution in [2.45, 2.75) is 162 Å². The molecule has 0 amide bonds. The summed E-state index contributed by atoms with van der Waals surface area (Å²) in [6, 6.07) is 0. The second-order valence-electron chi connectivity index (χ2n) is 17.1. The molecule has 224 valence electrons. The Morgan fingerprint density at radius 2 is 1.55 bits per heavy atom. The first kappa shape index (κ1) is 28.0. The summed E-state index contributed by atoms with van der Waals surface area (Å²) in [5.74, 6) is 6.31. The molecule has 0 aliphatic heterocycles. The molecule has 0 heterocycles. The van der Waals surface area contributed by atoms with Gasteiger partial charge in [0.05, 0.1) is 5.41 Å². The number of carbonyl (C=O) groups is 1. The van der Waals surface area contributed by atoms with Crippen LogP contribution in [0.2, 0.25) is 0 Å². The van der Waals surface area contributed by atoms with Crippen molar-refractivity contribution in [3.8, 4) is 0 Å². The molecule has 7 saturated carbocycles. The summed E-state index contributed by atoms with van der Waals surface area (Å²) in [6.07, 6.45) is 31.0. The third-order valence-electron chi connectivity index (χ3n) is 14.9. The van der Waals surface area contributed by atoms with Crippen LogP contribution in [0, 0.1) is 57.7 Å². The largest absolute Gasteiger partial charge is 0.462 e. The lowest BCUT2D eigenvalue weighted by molar-refractivity contribution is -0.179. The van der Waals surface area contributed by atoms with Crippen LogP contribution in [0.3, 0.4) is 0 Å². The molecule has 2 nitrogen and oxygen atoms in total. The fourth-order valence-electron chi connectivity index (χ4n) is 13.1. The van der Waals surface area contributed by atoms with Crippen LogP contribution in [0.1, 0.15) is 156 Å². The minimum Gasteiger partial charge on any atom is -0.462 e. The van der Waals surface area contributed by atoms with Crippen LogP contribution < -0.4 is 0 Å². The van der Waals surface area contributed by atoms with Crippen molar-refractivity contribution in [1.29, 1.82) is 0 Å². The third kappa shape index (κ3) is 4.67. The summed E-state index contributed by atoms with van der Waals surface area (Å²) < 4.78 is 6.49. The topological polar surface area (TPSA) is 26.3 Å². The molecule has 0 aromatic heterocycles. The van der Waals surface area contributed by atoms with Gasteiger partial charge in [0.1, 0.15) is 6.10 Å². The Morgan fingerprint density at radius 1 is 0.850 bits per heavy atom. The molecule has 0 N–H and O–H groups in total. The van der Waals surface area contributed by atoms with Gasteiger partial charge >= 0.3 is 5.97 Å². The first-order chi connectivity index (χ1) is 19.3. The van der Waals surface area contributed by atoms with E-state index in [1.165, 1.54) is 103 Å². The molecule has 40 heavy (non-hydrogen) atoms. The van der Waals surface area contributed by atoms with E-state index in [0.717, 1.165) is 73.5 Å². The smallest absolute Gasteiger partial charge is 0.312 e. The van der Waals surface area contributed by atoms with Crippen LogP contribution in [-0.2, 0) is 9.53 Å². The van der Waals surface area contributed by atoms with E-state index < -0.39 is 0 Å². The Morgan fingerprint density at radius 3 is 2.27 bits per heavy atom. The molecule has 8 aliphatic carbocycles. The zero-order valence-electron chi connectivity index (χ0n) is 26.4. The van der Waals surface area contributed by atoms with Gasteiger partial charge in [0, 0.05) is 6.42 Å². The number of esters is 1. The first-order valence-electron chi connectivity index (χ1n) is 18.2. The van der Waals surface area contributed by atoms with Gasteiger partial charge in [-0.1, -0.05) is 70.9 Å². The highest BCUT2D eigenvalue weighted by Crippen LogP contribution is 2.67. The molecule has 0 aromatic carbocycles. The molecule has 0 saturated heterocycles. The number of fused-ring (bicyclic) bond motifs is 5. The molecular formula is C38H60O2. The third-order valence-corrected chi connectivity index (χ3v) is 14.9. The van der Waals surface area contributed by atoms with Crippen molar-refractivity contribution in [2.75, 3.05) is 0 Å². The SMILES string of the molecule is CCCCCCCC[C@@H]1CC[C@@H]2[C@@H]3CC=C4C[C@@H](OC(=O)C56CC7CC(CC(C7)C5)C6)CC[C@]4(C)[C@@H]3CC[C@]12C. The summed E-state index contributed by atoms with van der Waals surface area (Å²) >= 11 is 0. The quantitative estimate of drug-likeness (QED) is 0.163. The van der Waals surface area contributed by atoms with Gasteiger partial charge in [-0.3, -0.25) is 4.79 Å². The minimum atomic E-state index is -0.107. The van der Waals surface area contributed by atoms with Crippen molar-refractivity contribution in [3.05, 3.63) is 11.6 Å². The maximum atomic E-state index is 13.7. The lowest BCUT2D eigenvalue weighted by Crippen LogP contribution is -2.52. The average molecular weight is 549 g/mol. The Balaban J connectivity index is 0.976. The minimum absolute atomic E-state index is 0.107. The van der Waals surface area contributed by atoms with Crippen LogP contribution in [-0.4, -0.2) is 12.1 Å². The molecule has 0 spiro atoms. The summed E-state index contributed by atoms with van der Waals surface area (Å²) in [6.45, 7) is 7.66. The van der Waals surface area contributed by atoms with Gasteiger partial charge < -0.3 is 4.74 Å². The number of carbonyl (C=O) groups excluding carboxylic acids is 1. The zero-order valence-corrected chi connectivity index (χ0v) is 26.4. The number of allylic oxidation sites excluding steroid dienone is 1. The van der Waals surface area contributed by atoms with Gasteiger partial charge in [-0.15, -0.1) is 0 Å². The van der Waals surface area contributed by atoms with Crippen LogP contribution in [0.4, 0.5) is 0 Å². The molecule has 4 bridgehead atoms. The highest BCUT2D eigenvalue weighted by molar-refractivity contribution is 5.77. The van der Waals surface area contributed by atoms with Gasteiger partial charge in [-0.25, -0.2) is 0 Å². The van der Waals surface area contributed by atoms with Crippen LogP contribution in [0.25, 0.3) is 0 Å². The fourth-order valence-corrected chi connectivity index (χ4v) is 13.1. The number of hydrogen-bond donors (Lipinski definition) is 0. The summed E-state index contributed by atoms with van der Waals surface area (Å²) in [7, 11) is 0. The van der Waals surface area contributed by atoms with Crippen LogP contribution in [0.15, 0.2) is 11.6 Å². The fraction of sp³-hybridized carbons (Fsp3) is 0.921. The molecule has 7 fully saturated rings. The first-order valence-corrected chi connectivity index (χ1v) is 18.2. The zero-order chi connectivity index (χ0) is 27.5. The molecule has 7 atom stereocenters. The molecule has 2 heteroatoms. The van der Waals surface area contributed by atoms with Gasteiger partial charge in [0.2, 0.25) is 0 Å². The van der Waals surface area contributed by atoms with E-state index >= 15 is 0 Å². The van der Waals surface area contributed by atoms with Gasteiger partial charge in [0.25, 0.3) is 0 Å². The monoisotopic (exact) mass is 548 g/mol. The van der Waals surface area contributed by atoms with E-state index in [1.807, 2.05) is 0 Å². The van der Waals surface area contributed by atoms with Crippen molar-refractivity contribution >= 4 is 5.97 Å². The van der Waals surface area contributed by atoms with E-state index in [1.54, 1.807) is 5.57 Å². The molecule has 8 rings (SSSR count). The lowest BCUT2D eigenvalue weighted by atomic mass is 9.47. The molecule has 0 radical (unpaired) electrons. The van der Waals surface area contributed by atoms with E-state index in [-0.39, 0.29) is 17.5 Å². The van der Waals surface area contributed by atoms with Crippen molar-refractivity contribution < 1.29 is 9.53 Å².